The molecule has 0 saturated heterocycles. The fraction of sp³-hybridized carbons (Fsp3) is 0.571. The molecule has 1 fully saturated rings. The number of amides is 2. The number of aromatic nitrogens is 1. The van der Waals surface area contributed by atoms with Crippen molar-refractivity contribution in [1.82, 2.24) is 15.6 Å². The summed E-state index contributed by atoms with van der Waals surface area (Å²) in [7, 11) is 0. The first-order valence-corrected chi connectivity index (χ1v) is 9.84. The number of H-pyrrole nitrogens is 1. The Labute approximate surface area is 155 Å². The SMILES string of the molecule is Cc1[nH]c2ccccc2c1CCNC(=O)NCCOC1CCCCC1C. The van der Waals surface area contributed by atoms with Crippen LogP contribution in [0.3, 0.4) is 0 Å². The second-order valence-corrected chi connectivity index (χ2v) is 7.38. The fourth-order valence-electron chi connectivity index (χ4n) is 3.93. The van der Waals surface area contributed by atoms with Crippen LogP contribution in [-0.4, -0.2) is 36.8 Å². The van der Waals surface area contributed by atoms with Gasteiger partial charge in [-0.05, 0) is 43.7 Å². The van der Waals surface area contributed by atoms with Gasteiger partial charge >= 0.3 is 6.03 Å². The van der Waals surface area contributed by atoms with E-state index in [4.69, 9.17) is 4.74 Å². The molecule has 2 atom stereocenters. The lowest BCUT2D eigenvalue weighted by atomic mass is 9.88. The number of nitrogens with one attached hydrogen (secondary N) is 3. The number of carbonyl (C=O) groups is 1. The van der Waals surface area contributed by atoms with Crippen molar-refractivity contribution in [3.8, 4) is 0 Å². The second-order valence-electron chi connectivity index (χ2n) is 7.38. The van der Waals surface area contributed by atoms with Gasteiger partial charge in [-0.25, -0.2) is 4.79 Å². The van der Waals surface area contributed by atoms with Crippen LogP contribution in [0, 0.1) is 12.8 Å². The number of rotatable bonds is 7. The first-order valence-electron chi connectivity index (χ1n) is 9.84. The summed E-state index contributed by atoms with van der Waals surface area (Å²) < 4.78 is 5.93. The minimum atomic E-state index is -0.122. The summed E-state index contributed by atoms with van der Waals surface area (Å²) in [5, 5.41) is 7.06. The smallest absolute Gasteiger partial charge is 0.314 e. The molecular formula is C21H31N3O2. The standard InChI is InChI=1S/C21H31N3O2/c1-15-7-3-6-10-20(15)26-14-13-23-21(25)22-12-11-17-16(2)24-19-9-5-4-8-18(17)19/h4-5,8-9,15,20,24H,3,6-7,10-14H2,1-2H3,(H2,22,23,25). The molecule has 5 nitrogen and oxygen atoms in total. The largest absolute Gasteiger partial charge is 0.376 e. The van der Waals surface area contributed by atoms with Crippen molar-refractivity contribution in [1.29, 1.82) is 0 Å². The molecule has 142 valence electrons. The van der Waals surface area contributed by atoms with E-state index < -0.39 is 0 Å². The monoisotopic (exact) mass is 357 g/mol. The summed E-state index contributed by atoms with van der Waals surface area (Å²) in [5.74, 6) is 0.636. The number of benzene rings is 1. The molecule has 1 saturated carbocycles. The average molecular weight is 357 g/mol. The summed E-state index contributed by atoms with van der Waals surface area (Å²) in [6.07, 6.45) is 6.16. The molecule has 0 bridgehead atoms. The highest BCUT2D eigenvalue weighted by atomic mass is 16.5. The maximum absolute atomic E-state index is 11.9. The number of urea groups is 1. The Morgan fingerprint density at radius 3 is 2.81 bits per heavy atom. The number of fused-ring (bicyclic) bond motifs is 1. The van der Waals surface area contributed by atoms with Crippen molar-refractivity contribution in [2.24, 2.45) is 5.92 Å². The lowest BCUT2D eigenvalue weighted by molar-refractivity contribution is -0.00242. The van der Waals surface area contributed by atoms with E-state index in [1.165, 1.54) is 35.9 Å². The zero-order valence-corrected chi connectivity index (χ0v) is 15.9. The van der Waals surface area contributed by atoms with Crippen molar-refractivity contribution >= 4 is 16.9 Å². The molecule has 1 aliphatic carbocycles. The highest BCUT2D eigenvalue weighted by Crippen LogP contribution is 2.26. The predicted molar refractivity (Wildman–Crippen MR) is 106 cm³/mol. The maximum atomic E-state index is 11.9. The Bertz CT molecular complexity index is 725. The molecule has 2 aromatic rings. The molecule has 3 rings (SSSR count). The van der Waals surface area contributed by atoms with Crippen LogP contribution >= 0.6 is 0 Å². The van der Waals surface area contributed by atoms with Crippen molar-refractivity contribution < 1.29 is 9.53 Å². The summed E-state index contributed by atoms with van der Waals surface area (Å²) in [5.41, 5.74) is 3.59. The van der Waals surface area contributed by atoms with Gasteiger partial charge in [0.15, 0.2) is 0 Å². The van der Waals surface area contributed by atoms with Crippen LogP contribution in [0.1, 0.15) is 43.9 Å². The predicted octanol–water partition coefficient (Wildman–Crippen LogP) is 3.91. The van der Waals surface area contributed by atoms with E-state index in [1.807, 2.05) is 12.1 Å². The van der Waals surface area contributed by atoms with Crippen molar-refractivity contribution in [2.45, 2.75) is 52.1 Å². The van der Waals surface area contributed by atoms with Crippen LogP contribution in [0.5, 0.6) is 0 Å². The molecule has 0 aliphatic heterocycles. The van der Waals surface area contributed by atoms with Gasteiger partial charge in [0.25, 0.3) is 0 Å². The number of hydrogen-bond donors (Lipinski definition) is 3. The van der Waals surface area contributed by atoms with E-state index >= 15 is 0 Å². The zero-order chi connectivity index (χ0) is 18.4. The first kappa shape index (κ1) is 18.8. The van der Waals surface area contributed by atoms with Crippen LogP contribution < -0.4 is 10.6 Å². The summed E-state index contributed by atoms with van der Waals surface area (Å²) in [6.45, 7) is 6.11. The van der Waals surface area contributed by atoms with Gasteiger partial charge in [-0.15, -0.1) is 0 Å². The van der Waals surface area contributed by atoms with E-state index in [0.29, 0.717) is 31.7 Å². The number of aromatic amines is 1. The molecule has 5 heteroatoms. The number of ether oxygens (including phenoxy) is 1. The van der Waals surface area contributed by atoms with E-state index in [0.717, 1.165) is 18.4 Å². The quantitative estimate of drug-likeness (QED) is 0.658. The maximum Gasteiger partial charge on any atom is 0.314 e. The Morgan fingerprint density at radius 2 is 1.96 bits per heavy atom. The molecule has 0 spiro atoms. The second kappa shape index (κ2) is 9.08. The molecule has 3 N–H and O–H groups in total. The van der Waals surface area contributed by atoms with Gasteiger partial charge in [-0.1, -0.05) is 38.0 Å². The van der Waals surface area contributed by atoms with Gasteiger partial charge in [0, 0.05) is 29.7 Å². The van der Waals surface area contributed by atoms with Gasteiger partial charge in [0.05, 0.1) is 12.7 Å². The molecule has 1 aliphatic rings. The van der Waals surface area contributed by atoms with Gasteiger partial charge < -0.3 is 20.4 Å². The molecule has 26 heavy (non-hydrogen) atoms. The number of hydrogen-bond acceptors (Lipinski definition) is 2. The van der Waals surface area contributed by atoms with Gasteiger partial charge in [-0.3, -0.25) is 0 Å². The molecule has 2 amide bonds. The van der Waals surface area contributed by atoms with E-state index in [-0.39, 0.29) is 6.03 Å². The van der Waals surface area contributed by atoms with E-state index in [9.17, 15) is 4.79 Å². The number of aryl methyl sites for hydroxylation is 1. The third-order valence-corrected chi connectivity index (χ3v) is 5.44. The topological polar surface area (TPSA) is 66.2 Å². The van der Waals surface area contributed by atoms with E-state index in [1.54, 1.807) is 0 Å². The molecular weight excluding hydrogens is 326 g/mol. The summed E-state index contributed by atoms with van der Waals surface area (Å²) >= 11 is 0. The average Bonchev–Trinajstić information content (AvgIpc) is 2.96. The summed E-state index contributed by atoms with van der Waals surface area (Å²) in [4.78, 5) is 15.3. The number of carbonyl (C=O) groups excluding carboxylic acids is 1. The van der Waals surface area contributed by atoms with Crippen LogP contribution in [-0.2, 0) is 11.2 Å². The normalized spacial score (nSPS) is 20.2. The van der Waals surface area contributed by atoms with Crippen LogP contribution in [0.2, 0.25) is 0 Å². The zero-order valence-electron chi connectivity index (χ0n) is 15.9. The molecule has 1 aromatic carbocycles. The summed E-state index contributed by atoms with van der Waals surface area (Å²) in [6, 6.07) is 8.16. The Kier molecular flexibility index (Phi) is 6.56. The van der Waals surface area contributed by atoms with Crippen LogP contribution in [0.4, 0.5) is 4.79 Å². The highest BCUT2D eigenvalue weighted by molar-refractivity contribution is 5.84. The minimum absolute atomic E-state index is 0.122. The third-order valence-electron chi connectivity index (χ3n) is 5.44. The van der Waals surface area contributed by atoms with Crippen molar-refractivity contribution in [3.05, 3.63) is 35.5 Å². The number of para-hydroxylation sites is 1. The third kappa shape index (κ3) is 4.79. The fourth-order valence-corrected chi connectivity index (χ4v) is 3.93. The van der Waals surface area contributed by atoms with Crippen molar-refractivity contribution in [3.63, 3.8) is 0 Å². The van der Waals surface area contributed by atoms with Gasteiger partial charge in [-0.2, -0.15) is 0 Å². The van der Waals surface area contributed by atoms with Crippen molar-refractivity contribution in [2.75, 3.05) is 19.7 Å². The molecule has 0 radical (unpaired) electrons. The van der Waals surface area contributed by atoms with E-state index in [2.05, 4.69) is 41.6 Å². The lowest BCUT2D eigenvalue weighted by Crippen LogP contribution is -2.39. The molecule has 1 heterocycles. The highest BCUT2D eigenvalue weighted by Gasteiger charge is 2.21. The van der Waals surface area contributed by atoms with Crippen LogP contribution in [0.15, 0.2) is 24.3 Å². The van der Waals surface area contributed by atoms with Gasteiger partial charge in [0.2, 0.25) is 0 Å². The minimum Gasteiger partial charge on any atom is -0.376 e. The Hall–Kier alpha value is -2.01. The first-order chi connectivity index (χ1) is 12.6. The molecule has 1 aromatic heterocycles. The Morgan fingerprint density at radius 1 is 1.19 bits per heavy atom. The Balaban J connectivity index is 1.34. The van der Waals surface area contributed by atoms with Gasteiger partial charge in [0.1, 0.15) is 0 Å². The lowest BCUT2D eigenvalue weighted by Gasteiger charge is -2.28. The molecule has 2 unspecified atom stereocenters. The van der Waals surface area contributed by atoms with Crippen LogP contribution in [0.25, 0.3) is 10.9 Å².